The highest BCUT2D eigenvalue weighted by atomic mass is 32.2. The molecule has 0 aliphatic carbocycles. The summed E-state index contributed by atoms with van der Waals surface area (Å²) in [5, 5.41) is 6.58. The van der Waals surface area contributed by atoms with E-state index in [0.717, 1.165) is 33.0 Å². The number of fused-ring (bicyclic) bond motifs is 3. The Labute approximate surface area is 144 Å². The van der Waals surface area contributed by atoms with E-state index in [1.54, 1.807) is 24.2 Å². The molecule has 4 aromatic rings. The molecule has 0 radical (unpaired) electrons. The fourth-order valence-corrected chi connectivity index (χ4v) is 3.38. The van der Waals surface area contributed by atoms with Gasteiger partial charge in [-0.2, -0.15) is 4.52 Å². The van der Waals surface area contributed by atoms with Crippen LogP contribution in [0.25, 0.3) is 27.9 Å². The highest BCUT2D eigenvalue weighted by Crippen LogP contribution is 2.26. The number of thioether (sulfide) groups is 1. The van der Waals surface area contributed by atoms with Crippen molar-refractivity contribution in [3.8, 4) is 11.4 Å². The number of para-hydroxylation sites is 1. The van der Waals surface area contributed by atoms with Crippen molar-refractivity contribution in [3.05, 3.63) is 48.8 Å². The van der Waals surface area contributed by atoms with Crippen LogP contribution < -0.4 is 0 Å². The van der Waals surface area contributed by atoms with Crippen molar-refractivity contribution in [3.63, 3.8) is 0 Å². The summed E-state index contributed by atoms with van der Waals surface area (Å²) in [6.07, 6.45) is 3.53. The number of hydrogen-bond acceptors (Lipinski definition) is 5. The zero-order valence-electron chi connectivity index (χ0n) is 13.5. The predicted molar refractivity (Wildman–Crippen MR) is 97.1 cm³/mol. The maximum absolute atomic E-state index is 4.79. The number of benzene rings is 1. The minimum absolute atomic E-state index is 0.583. The van der Waals surface area contributed by atoms with E-state index in [9.17, 15) is 0 Å². The molecule has 24 heavy (non-hydrogen) atoms. The van der Waals surface area contributed by atoms with Gasteiger partial charge in [0, 0.05) is 29.1 Å². The zero-order chi connectivity index (χ0) is 16.5. The predicted octanol–water partition coefficient (Wildman–Crippen LogP) is 4.09. The van der Waals surface area contributed by atoms with Gasteiger partial charge in [-0.15, -0.1) is 5.10 Å². The van der Waals surface area contributed by atoms with E-state index >= 15 is 0 Å². The van der Waals surface area contributed by atoms with Gasteiger partial charge in [0.15, 0.2) is 16.6 Å². The average molecular weight is 335 g/mol. The topological polar surface area (TPSA) is 56.0 Å². The Morgan fingerprint density at radius 1 is 1.08 bits per heavy atom. The molecular weight excluding hydrogens is 318 g/mol. The lowest BCUT2D eigenvalue weighted by Gasteiger charge is -2.07. The summed E-state index contributed by atoms with van der Waals surface area (Å²) in [5.74, 6) is 2.25. The first-order valence-corrected chi connectivity index (χ1v) is 8.89. The molecule has 0 amide bonds. The van der Waals surface area contributed by atoms with Gasteiger partial charge in [-0.3, -0.25) is 4.98 Å². The fourth-order valence-electron chi connectivity index (χ4n) is 2.48. The second-order valence-electron chi connectivity index (χ2n) is 6.03. The Kier molecular flexibility index (Phi) is 3.90. The van der Waals surface area contributed by atoms with E-state index in [-0.39, 0.29) is 0 Å². The summed E-state index contributed by atoms with van der Waals surface area (Å²) < 4.78 is 1.86. The SMILES string of the molecule is CC(C)CSc1nc2ccccc2c2nc(-c3cccnc3)nn12. The van der Waals surface area contributed by atoms with Crippen LogP contribution in [0.4, 0.5) is 0 Å². The monoisotopic (exact) mass is 335 g/mol. The van der Waals surface area contributed by atoms with E-state index in [4.69, 9.17) is 15.1 Å². The standard InChI is InChI=1S/C18H17N5S/c1-12(2)11-24-18-20-15-8-4-3-7-14(15)17-21-16(22-23(17)18)13-6-5-9-19-10-13/h3-10,12H,11H2,1-2H3. The molecule has 0 N–H and O–H groups in total. The summed E-state index contributed by atoms with van der Waals surface area (Å²) in [5.41, 5.74) is 2.69. The second-order valence-corrected chi connectivity index (χ2v) is 7.02. The van der Waals surface area contributed by atoms with Crippen molar-refractivity contribution in [2.24, 2.45) is 5.92 Å². The molecule has 0 aliphatic rings. The molecule has 1 aromatic carbocycles. The van der Waals surface area contributed by atoms with E-state index in [1.807, 2.05) is 40.9 Å². The van der Waals surface area contributed by atoms with Crippen molar-refractivity contribution in [1.82, 2.24) is 24.6 Å². The van der Waals surface area contributed by atoms with Gasteiger partial charge in [0.1, 0.15) is 0 Å². The Balaban J connectivity index is 1.94. The number of nitrogens with zero attached hydrogens (tertiary/aromatic N) is 5. The molecule has 0 atom stereocenters. The summed E-state index contributed by atoms with van der Waals surface area (Å²) in [6, 6.07) is 11.9. The van der Waals surface area contributed by atoms with Gasteiger partial charge < -0.3 is 0 Å². The quantitative estimate of drug-likeness (QED) is 0.415. The van der Waals surface area contributed by atoms with Crippen molar-refractivity contribution < 1.29 is 0 Å². The molecule has 0 unspecified atom stereocenters. The second kappa shape index (κ2) is 6.20. The van der Waals surface area contributed by atoms with Gasteiger partial charge in [0.2, 0.25) is 0 Å². The summed E-state index contributed by atoms with van der Waals surface area (Å²) in [7, 11) is 0. The molecule has 3 aromatic heterocycles. The Morgan fingerprint density at radius 3 is 2.75 bits per heavy atom. The van der Waals surface area contributed by atoms with Gasteiger partial charge in [-0.25, -0.2) is 9.97 Å². The van der Waals surface area contributed by atoms with Crippen LogP contribution in [-0.2, 0) is 0 Å². The maximum atomic E-state index is 4.79. The third-order valence-electron chi connectivity index (χ3n) is 3.61. The normalized spacial score (nSPS) is 11.6. The minimum atomic E-state index is 0.583. The molecule has 0 saturated heterocycles. The first kappa shape index (κ1) is 15.1. The number of aromatic nitrogens is 5. The van der Waals surface area contributed by atoms with Crippen molar-refractivity contribution in [2.45, 2.75) is 19.0 Å². The third-order valence-corrected chi connectivity index (χ3v) is 4.97. The Bertz CT molecular complexity index is 994. The smallest absolute Gasteiger partial charge is 0.191 e. The maximum Gasteiger partial charge on any atom is 0.191 e. The Hall–Kier alpha value is -2.47. The lowest BCUT2D eigenvalue weighted by molar-refractivity contribution is 0.742. The average Bonchev–Trinajstić information content (AvgIpc) is 3.06. The summed E-state index contributed by atoms with van der Waals surface area (Å²) >= 11 is 1.72. The van der Waals surface area contributed by atoms with Crippen LogP contribution in [-0.4, -0.2) is 30.3 Å². The zero-order valence-corrected chi connectivity index (χ0v) is 14.4. The minimum Gasteiger partial charge on any atom is -0.264 e. The van der Waals surface area contributed by atoms with Crippen LogP contribution in [0.3, 0.4) is 0 Å². The molecule has 6 heteroatoms. The molecule has 0 saturated carbocycles. The van der Waals surface area contributed by atoms with E-state index in [0.29, 0.717) is 11.7 Å². The molecule has 0 spiro atoms. The van der Waals surface area contributed by atoms with Crippen molar-refractivity contribution in [1.29, 1.82) is 0 Å². The van der Waals surface area contributed by atoms with Crippen LogP contribution >= 0.6 is 11.8 Å². The summed E-state index contributed by atoms with van der Waals surface area (Å²) in [4.78, 5) is 13.7. The van der Waals surface area contributed by atoms with Gasteiger partial charge in [0.25, 0.3) is 0 Å². The van der Waals surface area contributed by atoms with Gasteiger partial charge in [-0.1, -0.05) is 37.7 Å². The first-order chi connectivity index (χ1) is 11.7. The highest BCUT2D eigenvalue weighted by molar-refractivity contribution is 7.99. The van der Waals surface area contributed by atoms with Crippen LogP contribution in [0.5, 0.6) is 0 Å². The van der Waals surface area contributed by atoms with Crippen LogP contribution in [0.2, 0.25) is 0 Å². The van der Waals surface area contributed by atoms with E-state index < -0.39 is 0 Å². The summed E-state index contributed by atoms with van der Waals surface area (Å²) in [6.45, 7) is 4.40. The molecule has 3 heterocycles. The molecule has 0 bridgehead atoms. The number of pyridine rings is 1. The number of hydrogen-bond donors (Lipinski definition) is 0. The van der Waals surface area contributed by atoms with Crippen molar-refractivity contribution >= 4 is 28.3 Å². The molecule has 4 rings (SSSR count). The molecule has 120 valence electrons. The third kappa shape index (κ3) is 2.73. The van der Waals surface area contributed by atoms with Gasteiger partial charge in [-0.05, 0) is 30.2 Å². The van der Waals surface area contributed by atoms with Crippen LogP contribution in [0.15, 0.2) is 53.9 Å². The van der Waals surface area contributed by atoms with Gasteiger partial charge in [0.05, 0.1) is 5.52 Å². The van der Waals surface area contributed by atoms with Crippen LogP contribution in [0, 0.1) is 5.92 Å². The lowest BCUT2D eigenvalue weighted by atomic mass is 10.2. The van der Waals surface area contributed by atoms with E-state index in [2.05, 4.69) is 18.8 Å². The first-order valence-electron chi connectivity index (χ1n) is 7.91. The molecule has 0 fully saturated rings. The van der Waals surface area contributed by atoms with Gasteiger partial charge >= 0.3 is 0 Å². The van der Waals surface area contributed by atoms with E-state index in [1.165, 1.54) is 0 Å². The highest BCUT2D eigenvalue weighted by Gasteiger charge is 2.15. The lowest BCUT2D eigenvalue weighted by Crippen LogP contribution is -2.00. The Morgan fingerprint density at radius 2 is 1.96 bits per heavy atom. The largest absolute Gasteiger partial charge is 0.264 e. The molecule has 5 nitrogen and oxygen atoms in total. The van der Waals surface area contributed by atoms with Crippen molar-refractivity contribution in [2.75, 3.05) is 5.75 Å². The fraction of sp³-hybridized carbons (Fsp3) is 0.222. The molecule has 0 aliphatic heterocycles. The van der Waals surface area contributed by atoms with Crippen LogP contribution in [0.1, 0.15) is 13.8 Å². The number of rotatable bonds is 4. The molecular formula is C18H17N5S.